The van der Waals surface area contributed by atoms with Gasteiger partial charge in [0, 0.05) is 17.0 Å². The van der Waals surface area contributed by atoms with E-state index in [4.69, 9.17) is 11.6 Å². The van der Waals surface area contributed by atoms with Crippen LogP contribution in [0.15, 0.2) is 24.3 Å². The molecule has 1 heterocycles. The summed E-state index contributed by atoms with van der Waals surface area (Å²) in [5.41, 5.74) is 0.802. The number of H-pyrrole nitrogens is 1. The molecule has 20 heavy (non-hydrogen) atoms. The van der Waals surface area contributed by atoms with Gasteiger partial charge in [-0.2, -0.15) is 0 Å². The van der Waals surface area contributed by atoms with Crippen molar-refractivity contribution in [2.75, 3.05) is 0 Å². The lowest BCUT2D eigenvalue weighted by atomic mass is 9.96. The summed E-state index contributed by atoms with van der Waals surface area (Å²) < 4.78 is 0. The van der Waals surface area contributed by atoms with Gasteiger partial charge in [-0.25, -0.2) is 4.98 Å². The fourth-order valence-electron chi connectivity index (χ4n) is 1.56. The van der Waals surface area contributed by atoms with Crippen LogP contribution in [0.2, 0.25) is 5.02 Å². The number of carbonyl (C=O) groups excluding carboxylic acids is 1. The highest BCUT2D eigenvalue weighted by Crippen LogP contribution is 2.17. The molecular weight excluding hydrogens is 276 g/mol. The highest BCUT2D eigenvalue weighted by Gasteiger charge is 2.21. The molecule has 0 fully saturated rings. The van der Waals surface area contributed by atoms with Crippen molar-refractivity contribution in [3.8, 4) is 0 Å². The Morgan fingerprint density at radius 3 is 2.50 bits per heavy atom. The quantitative estimate of drug-likeness (QED) is 0.914. The molecule has 0 atom stereocenters. The largest absolute Gasteiger partial charge is 0.345 e. The van der Waals surface area contributed by atoms with Gasteiger partial charge in [0.1, 0.15) is 5.82 Å². The van der Waals surface area contributed by atoms with E-state index in [0.717, 1.165) is 5.56 Å². The molecule has 0 spiro atoms. The van der Waals surface area contributed by atoms with Gasteiger partial charge in [-0.15, -0.1) is 5.10 Å². The van der Waals surface area contributed by atoms with Gasteiger partial charge < -0.3 is 5.32 Å². The van der Waals surface area contributed by atoms with Crippen LogP contribution in [0, 0.1) is 0 Å². The lowest BCUT2D eigenvalue weighted by Crippen LogP contribution is -2.24. The third kappa shape index (κ3) is 3.57. The number of hydrogen-bond donors (Lipinski definition) is 2. The van der Waals surface area contributed by atoms with E-state index < -0.39 is 0 Å². The summed E-state index contributed by atoms with van der Waals surface area (Å²) in [7, 11) is 0. The number of amides is 1. The molecule has 1 aromatic carbocycles. The molecule has 1 aromatic heterocycles. The number of hydrogen-bond acceptors (Lipinski definition) is 3. The van der Waals surface area contributed by atoms with Gasteiger partial charge in [-0.3, -0.25) is 9.89 Å². The number of rotatable bonds is 3. The summed E-state index contributed by atoms with van der Waals surface area (Å²) in [4.78, 5) is 16.2. The summed E-state index contributed by atoms with van der Waals surface area (Å²) in [6.45, 7) is 6.42. The van der Waals surface area contributed by atoms with Crippen molar-refractivity contribution >= 4 is 17.5 Å². The van der Waals surface area contributed by atoms with Crippen molar-refractivity contribution < 1.29 is 4.79 Å². The van der Waals surface area contributed by atoms with Crippen molar-refractivity contribution in [1.82, 2.24) is 20.5 Å². The lowest BCUT2D eigenvalue weighted by molar-refractivity contribution is 0.0941. The first-order chi connectivity index (χ1) is 9.36. The average molecular weight is 293 g/mol. The van der Waals surface area contributed by atoms with Crippen LogP contribution >= 0.6 is 11.6 Å². The number of carbonyl (C=O) groups is 1. The molecule has 2 N–H and O–H groups in total. The predicted molar refractivity (Wildman–Crippen MR) is 77.7 cm³/mol. The van der Waals surface area contributed by atoms with Gasteiger partial charge in [0.15, 0.2) is 0 Å². The van der Waals surface area contributed by atoms with E-state index in [1.165, 1.54) is 0 Å². The van der Waals surface area contributed by atoms with Crippen molar-refractivity contribution in [1.29, 1.82) is 0 Å². The van der Waals surface area contributed by atoms with Crippen molar-refractivity contribution in [3.05, 3.63) is 46.5 Å². The number of halogens is 1. The molecule has 0 radical (unpaired) electrons. The molecule has 0 saturated heterocycles. The normalized spacial score (nSPS) is 11.4. The second kappa shape index (κ2) is 5.63. The predicted octanol–water partition coefficient (Wildman–Crippen LogP) is 2.69. The Balaban J connectivity index is 1.98. The minimum atomic E-state index is -0.299. The Morgan fingerprint density at radius 2 is 1.95 bits per heavy atom. The zero-order valence-corrected chi connectivity index (χ0v) is 12.5. The molecule has 2 aromatic rings. The van der Waals surface area contributed by atoms with Crippen LogP contribution in [-0.2, 0) is 12.0 Å². The van der Waals surface area contributed by atoms with Crippen molar-refractivity contribution in [2.45, 2.75) is 32.7 Å². The van der Waals surface area contributed by atoms with Crippen LogP contribution in [0.1, 0.15) is 42.8 Å². The second-order valence-electron chi connectivity index (χ2n) is 5.57. The third-order valence-corrected chi connectivity index (χ3v) is 3.02. The fourth-order valence-corrected chi connectivity index (χ4v) is 1.69. The molecule has 6 heteroatoms. The zero-order chi connectivity index (χ0) is 14.8. The number of aromatic amines is 1. The van der Waals surface area contributed by atoms with E-state index >= 15 is 0 Å². The summed E-state index contributed by atoms with van der Waals surface area (Å²) in [6.07, 6.45) is 0. The van der Waals surface area contributed by atoms with Crippen LogP contribution in [-0.4, -0.2) is 21.1 Å². The summed E-state index contributed by atoms with van der Waals surface area (Å²) in [6, 6.07) is 7.30. The molecule has 2 rings (SSSR count). The molecule has 0 saturated carbocycles. The van der Waals surface area contributed by atoms with Crippen molar-refractivity contribution in [3.63, 3.8) is 0 Å². The molecular formula is C14H17ClN4O. The summed E-state index contributed by atoms with van der Waals surface area (Å²) >= 11 is 5.80. The minimum Gasteiger partial charge on any atom is -0.345 e. The van der Waals surface area contributed by atoms with Crippen LogP contribution in [0.4, 0.5) is 0 Å². The van der Waals surface area contributed by atoms with Gasteiger partial charge in [0.05, 0.1) is 0 Å². The highest BCUT2D eigenvalue weighted by molar-refractivity contribution is 6.30. The highest BCUT2D eigenvalue weighted by atomic mass is 35.5. The Kier molecular flexibility index (Phi) is 4.09. The molecule has 106 valence electrons. The van der Waals surface area contributed by atoms with E-state index in [1.807, 2.05) is 32.9 Å². The van der Waals surface area contributed by atoms with Crippen molar-refractivity contribution in [2.24, 2.45) is 0 Å². The van der Waals surface area contributed by atoms with Crippen LogP contribution in [0.5, 0.6) is 0 Å². The van der Waals surface area contributed by atoms with E-state index in [9.17, 15) is 4.79 Å². The van der Waals surface area contributed by atoms with Gasteiger partial charge >= 0.3 is 0 Å². The monoisotopic (exact) mass is 292 g/mol. The van der Waals surface area contributed by atoms with Crippen LogP contribution in [0.3, 0.4) is 0 Å². The van der Waals surface area contributed by atoms with Gasteiger partial charge in [-0.05, 0) is 17.7 Å². The zero-order valence-electron chi connectivity index (χ0n) is 11.7. The Bertz CT molecular complexity index is 598. The van der Waals surface area contributed by atoms with E-state index in [1.54, 1.807) is 12.1 Å². The molecule has 5 nitrogen and oxygen atoms in total. The van der Waals surface area contributed by atoms with E-state index in [2.05, 4.69) is 20.5 Å². The molecule has 0 aliphatic heterocycles. The topological polar surface area (TPSA) is 70.7 Å². The van der Waals surface area contributed by atoms with Gasteiger partial charge in [-0.1, -0.05) is 44.5 Å². The van der Waals surface area contributed by atoms with Crippen LogP contribution in [0.25, 0.3) is 0 Å². The Morgan fingerprint density at radius 1 is 1.30 bits per heavy atom. The second-order valence-corrected chi connectivity index (χ2v) is 6.00. The minimum absolute atomic E-state index is 0.156. The van der Waals surface area contributed by atoms with Gasteiger partial charge in [0.25, 0.3) is 5.91 Å². The molecule has 0 aliphatic carbocycles. The Hall–Kier alpha value is -1.88. The summed E-state index contributed by atoms with van der Waals surface area (Å²) in [5, 5.41) is 10.2. The Labute approximate surface area is 122 Å². The van der Waals surface area contributed by atoms with E-state index in [-0.39, 0.29) is 17.1 Å². The average Bonchev–Trinajstić information content (AvgIpc) is 2.87. The van der Waals surface area contributed by atoms with E-state index in [0.29, 0.717) is 17.4 Å². The maximum absolute atomic E-state index is 11.9. The third-order valence-electron chi connectivity index (χ3n) is 2.77. The molecule has 0 aliphatic rings. The first-order valence-electron chi connectivity index (χ1n) is 6.32. The first-order valence-corrected chi connectivity index (χ1v) is 6.69. The maximum Gasteiger partial charge on any atom is 0.291 e. The van der Waals surface area contributed by atoms with Crippen LogP contribution < -0.4 is 5.32 Å². The summed E-state index contributed by atoms with van der Waals surface area (Å²) in [5.74, 6) is 0.546. The molecule has 0 unspecified atom stereocenters. The number of benzene rings is 1. The fraction of sp³-hybridized carbons (Fsp3) is 0.357. The number of nitrogens with one attached hydrogen (secondary N) is 2. The smallest absolute Gasteiger partial charge is 0.291 e. The standard InChI is InChI=1S/C14H17ClN4O/c1-14(2,3)13-17-11(18-19-13)12(20)16-8-9-4-6-10(15)7-5-9/h4-7H,8H2,1-3H3,(H,16,20)(H,17,18,19). The number of aromatic nitrogens is 3. The number of nitrogens with zero attached hydrogens (tertiary/aromatic N) is 2. The molecule has 0 bridgehead atoms. The van der Waals surface area contributed by atoms with Gasteiger partial charge in [0.2, 0.25) is 5.82 Å². The SMILES string of the molecule is CC(C)(C)c1nc(C(=O)NCc2ccc(Cl)cc2)n[nH]1. The molecule has 1 amide bonds. The first kappa shape index (κ1) is 14.5. The lowest BCUT2D eigenvalue weighted by Gasteiger charge is -2.12. The maximum atomic E-state index is 11.9.